The summed E-state index contributed by atoms with van der Waals surface area (Å²) in [6.07, 6.45) is 0. The first-order valence-electron chi connectivity index (χ1n) is 16.2. The smallest absolute Gasteiger partial charge is 0.260 e. The van der Waals surface area contributed by atoms with E-state index in [9.17, 15) is 0 Å². The molecule has 9 aromatic rings. The van der Waals surface area contributed by atoms with Crippen molar-refractivity contribution in [2.75, 3.05) is 0 Å². The largest absolute Gasteiger partial charge is 0.458 e. The monoisotopic (exact) mass is 596 g/mol. The minimum atomic E-state index is 0.0685. The molecule has 0 N–H and O–H groups in total. The fraction of sp³-hybridized carbons (Fsp3) is 0. The van der Waals surface area contributed by atoms with Crippen molar-refractivity contribution in [3.8, 4) is 34.1 Å². The predicted molar refractivity (Wildman–Crippen MR) is 197 cm³/mol. The summed E-state index contributed by atoms with van der Waals surface area (Å²) in [7, 11) is 0. The van der Waals surface area contributed by atoms with Crippen molar-refractivity contribution in [2.45, 2.75) is 0 Å². The number of hydrogen-bond donors (Lipinski definition) is 0. The van der Waals surface area contributed by atoms with E-state index < -0.39 is 0 Å². The summed E-state index contributed by atoms with van der Waals surface area (Å²) in [5, 5.41) is 12.9. The molecule has 2 aliphatic heterocycles. The molecule has 0 saturated carbocycles. The molecule has 2 heterocycles. The van der Waals surface area contributed by atoms with Gasteiger partial charge in [0.15, 0.2) is 0 Å². The van der Waals surface area contributed by atoms with E-state index in [-0.39, 0.29) is 6.71 Å². The molecule has 9 aromatic carbocycles. The van der Waals surface area contributed by atoms with Gasteiger partial charge in [0.05, 0.1) is 0 Å². The van der Waals surface area contributed by atoms with E-state index >= 15 is 0 Å². The highest BCUT2D eigenvalue weighted by atomic mass is 16.5. The molecule has 3 heteroatoms. The molecule has 0 amide bonds. The van der Waals surface area contributed by atoms with E-state index in [4.69, 9.17) is 9.47 Å². The summed E-state index contributed by atoms with van der Waals surface area (Å²) in [4.78, 5) is 0. The molecular formula is C44H25BO2. The maximum atomic E-state index is 6.63. The summed E-state index contributed by atoms with van der Waals surface area (Å²) in [5.41, 5.74) is 5.76. The van der Waals surface area contributed by atoms with Gasteiger partial charge in [0.1, 0.15) is 23.0 Å². The molecular weight excluding hydrogens is 571 g/mol. The zero-order chi connectivity index (χ0) is 30.6. The number of hydrogen-bond acceptors (Lipinski definition) is 2. The fourth-order valence-corrected chi connectivity index (χ4v) is 8.36. The van der Waals surface area contributed by atoms with E-state index in [2.05, 4.69) is 133 Å². The lowest BCUT2D eigenvalue weighted by molar-refractivity contribution is 0.464. The van der Waals surface area contributed by atoms with Crippen LogP contribution in [0.2, 0.25) is 0 Å². The van der Waals surface area contributed by atoms with Gasteiger partial charge in [0.25, 0.3) is 6.71 Å². The van der Waals surface area contributed by atoms with Crippen molar-refractivity contribution in [1.29, 1.82) is 0 Å². The first-order valence-corrected chi connectivity index (χ1v) is 16.2. The van der Waals surface area contributed by atoms with Crippen molar-refractivity contribution in [1.82, 2.24) is 0 Å². The first kappa shape index (κ1) is 25.2. The summed E-state index contributed by atoms with van der Waals surface area (Å²) < 4.78 is 12.9. The highest BCUT2D eigenvalue weighted by Gasteiger charge is 2.39. The number of benzene rings is 9. The maximum absolute atomic E-state index is 6.63. The zero-order valence-corrected chi connectivity index (χ0v) is 25.3. The molecule has 47 heavy (non-hydrogen) atoms. The van der Waals surface area contributed by atoms with E-state index in [1.807, 2.05) is 18.2 Å². The van der Waals surface area contributed by atoms with Crippen LogP contribution in [0.5, 0.6) is 23.0 Å². The molecule has 0 spiro atoms. The van der Waals surface area contributed by atoms with E-state index in [0.717, 1.165) is 34.0 Å². The molecule has 0 fully saturated rings. The van der Waals surface area contributed by atoms with Crippen LogP contribution < -0.4 is 25.9 Å². The third kappa shape index (κ3) is 3.41. The van der Waals surface area contributed by atoms with Gasteiger partial charge < -0.3 is 9.47 Å². The van der Waals surface area contributed by atoms with Crippen LogP contribution in [0.3, 0.4) is 0 Å². The molecule has 0 saturated heterocycles. The minimum absolute atomic E-state index is 0.0685. The van der Waals surface area contributed by atoms with Gasteiger partial charge in [-0.25, -0.2) is 0 Å². The van der Waals surface area contributed by atoms with Gasteiger partial charge >= 0.3 is 0 Å². The molecule has 11 rings (SSSR count). The number of fused-ring (bicyclic) bond motifs is 15. The molecule has 0 aliphatic carbocycles. The zero-order valence-electron chi connectivity index (χ0n) is 25.3. The summed E-state index contributed by atoms with van der Waals surface area (Å²) in [6.45, 7) is 0.0685. The van der Waals surface area contributed by atoms with Gasteiger partial charge in [0, 0.05) is 5.46 Å². The normalized spacial score (nSPS) is 13.0. The van der Waals surface area contributed by atoms with E-state index in [1.165, 1.54) is 70.4 Å². The Bertz CT molecular complexity index is 2820. The summed E-state index contributed by atoms with van der Waals surface area (Å²) in [6, 6.07) is 54.8. The SMILES string of the molecule is c1ccc2c(c1)Oc1cccc3c1B2c1ccc(-c2ccc4c(c2)c2ccccc2c2c5ccccc5c5ccccc5c42)cc1O3. The van der Waals surface area contributed by atoms with Crippen LogP contribution in [0.15, 0.2) is 152 Å². The molecule has 2 aliphatic rings. The van der Waals surface area contributed by atoms with Crippen LogP contribution in [0.1, 0.15) is 0 Å². The molecule has 0 unspecified atom stereocenters. The Kier molecular flexibility index (Phi) is 4.95. The van der Waals surface area contributed by atoms with Crippen molar-refractivity contribution in [3.05, 3.63) is 152 Å². The minimum Gasteiger partial charge on any atom is -0.458 e. The van der Waals surface area contributed by atoms with Gasteiger partial charge in [-0.3, -0.25) is 0 Å². The Balaban J connectivity index is 1.16. The second-order valence-corrected chi connectivity index (χ2v) is 12.7. The van der Waals surface area contributed by atoms with Crippen LogP contribution in [-0.2, 0) is 0 Å². The molecule has 2 nitrogen and oxygen atoms in total. The van der Waals surface area contributed by atoms with Gasteiger partial charge in [-0.05, 0) is 106 Å². The highest BCUT2D eigenvalue weighted by molar-refractivity contribution is 6.98. The lowest BCUT2D eigenvalue weighted by Crippen LogP contribution is -2.57. The van der Waals surface area contributed by atoms with E-state index in [1.54, 1.807) is 0 Å². The van der Waals surface area contributed by atoms with Crippen LogP contribution >= 0.6 is 0 Å². The highest BCUT2D eigenvalue weighted by Crippen LogP contribution is 2.45. The number of ether oxygens (including phenoxy) is 2. The number of para-hydroxylation sites is 1. The Morgan fingerprint density at radius 1 is 0.319 bits per heavy atom. The second kappa shape index (κ2) is 9.25. The molecule has 0 atom stereocenters. The van der Waals surface area contributed by atoms with Crippen molar-refractivity contribution in [3.63, 3.8) is 0 Å². The van der Waals surface area contributed by atoms with E-state index in [0.29, 0.717) is 0 Å². The van der Waals surface area contributed by atoms with Crippen molar-refractivity contribution in [2.24, 2.45) is 0 Å². The van der Waals surface area contributed by atoms with Gasteiger partial charge in [-0.15, -0.1) is 0 Å². The Labute approximate surface area is 271 Å². The van der Waals surface area contributed by atoms with Crippen molar-refractivity contribution < 1.29 is 9.47 Å². The third-order valence-electron chi connectivity index (χ3n) is 10.4. The lowest BCUT2D eigenvalue weighted by atomic mass is 9.35. The van der Waals surface area contributed by atoms with Crippen LogP contribution in [0.25, 0.3) is 65.0 Å². The summed E-state index contributed by atoms with van der Waals surface area (Å²) >= 11 is 0. The first-order chi connectivity index (χ1) is 23.3. The van der Waals surface area contributed by atoms with Gasteiger partial charge in [-0.2, -0.15) is 0 Å². The average Bonchev–Trinajstić information content (AvgIpc) is 3.14. The molecule has 0 aromatic heterocycles. The van der Waals surface area contributed by atoms with Crippen LogP contribution in [0.4, 0.5) is 0 Å². The standard InChI is InChI=1S/C44H25BO2/c1-4-13-31-28(10-1)29-11-2-5-14-32(29)43-34-22-20-26(24-35(34)30-12-3-6-15-33(30)42(31)43)27-21-23-37-41(25-27)47-40-19-9-18-39-44(40)45(37)36-16-7-8-17-38(36)46-39/h1-25H. The maximum Gasteiger partial charge on any atom is 0.260 e. The predicted octanol–water partition coefficient (Wildman–Crippen LogP) is 9.85. The Morgan fingerprint density at radius 3 is 1.47 bits per heavy atom. The lowest BCUT2D eigenvalue weighted by Gasteiger charge is -2.32. The molecule has 0 bridgehead atoms. The number of rotatable bonds is 1. The van der Waals surface area contributed by atoms with Gasteiger partial charge in [0.2, 0.25) is 0 Å². The van der Waals surface area contributed by atoms with Crippen LogP contribution in [-0.4, -0.2) is 6.71 Å². The third-order valence-corrected chi connectivity index (χ3v) is 10.4. The van der Waals surface area contributed by atoms with Crippen LogP contribution in [0, 0.1) is 0 Å². The Hall–Kier alpha value is -6.06. The molecule has 0 radical (unpaired) electrons. The van der Waals surface area contributed by atoms with Crippen molar-refractivity contribution >= 4 is 77.0 Å². The quantitative estimate of drug-likeness (QED) is 0.139. The summed E-state index contributed by atoms with van der Waals surface area (Å²) in [5.74, 6) is 3.54. The Morgan fingerprint density at radius 2 is 0.787 bits per heavy atom. The second-order valence-electron chi connectivity index (χ2n) is 12.7. The average molecular weight is 596 g/mol. The molecule has 216 valence electrons. The fourth-order valence-electron chi connectivity index (χ4n) is 8.36. The topological polar surface area (TPSA) is 18.5 Å². The van der Waals surface area contributed by atoms with Gasteiger partial charge in [-0.1, -0.05) is 121 Å².